The van der Waals surface area contributed by atoms with Crippen molar-refractivity contribution >= 4 is 39.1 Å². The lowest BCUT2D eigenvalue weighted by atomic mass is 10.1. The first kappa shape index (κ1) is 22.4. The number of fused-ring (bicyclic) bond motifs is 1. The van der Waals surface area contributed by atoms with E-state index in [4.69, 9.17) is 11.6 Å². The number of halogens is 2. The van der Waals surface area contributed by atoms with Crippen LogP contribution in [-0.2, 0) is 6.42 Å². The lowest BCUT2D eigenvalue weighted by molar-refractivity contribution is 0.0962. The highest BCUT2D eigenvalue weighted by molar-refractivity contribution is 9.10. The maximum Gasteiger partial charge on any atom is 0.257 e. The molecule has 2 aliphatic rings. The molecule has 0 aliphatic carbocycles. The van der Waals surface area contributed by atoms with Crippen LogP contribution >= 0.6 is 27.5 Å². The Labute approximate surface area is 192 Å². The first-order valence-corrected chi connectivity index (χ1v) is 11.3. The number of dihydropyridines is 1. The monoisotopic (exact) mass is 487 g/mol. The standard InChI is InChI=1S/C13H13BrN2O.C11H14ClN/c1-9-6-7-12(15-8-9)16-13(17)10-4-2-3-5-11(10)14;1-13-7-3-2-4-9-8-10(12)5-6-11(9)13/h2-7,15H,8H2,1H3,(H,16,17);5-6,8H,2-4,7H2,1H3. The molecule has 0 unspecified atom stereocenters. The molecule has 0 fully saturated rings. The summed E-state index contributed by atoms with van der Waals surface area (Å²) < 4.78 is 0.792. The van der Waals surface area contributed by atoms with Crippen LogP contribution in [0.1, 0.15) is 35.7 Å². The Morgan fingerprint density at radius 3 is 2.70 bits per heavy atom. The van der Waals surface area contributed by atoms with Crippen LogP contribution in [0.15, 0.2) is 70.5 Å². The van der Waals surface area contributed by atoms with Gasteiger partial charge in [-0.3, -0.25) is 4.79 Å². The Kier molecular flexibility index (Phi) is 8.00. The van der Waals surface area contributed by atoms with Crippen LogP contribution in [0, 0.1) is 0 Å². The van der Waals surface area contributed by atoms with E-state index in [0.29, 0.717) is 5.56 Å². The molecule has 0 saturated heterocycles. The molecule has 0 aromatic heterocycles. The zero-order valence-electron chi connectivity index (χ0n) is 17.3. The number of anilines is 1. The van der Waals surface area contributed by atoms with Crippen LogP contribution in [-0.4, -0.2) is 26.0 Å². The van der Waals surface area contributed by atoms with Gasteiger partial charge in [0.15, 0.2) is 0 Å². The third kappa shape index (κ3) is 6.13. The number of carbonyl (C=O) groups is 1. The van der Waals surface area contributed by atoms with Crippen LogP contribution in [0.4, 0.5) is 5.69 Å². The van der Waals surface area contributed by atoms with Crippen LogP contribution in [0.2, 0.25) is 5.02 Å². The Morgan fingerprint density at radius 1 is 1.17 bits per heavy atom. The zero-order chi connectivity index (χ0) is 21.5. The van der Waals surface area contributed by atoms with Gasteiger partial charge in [0, 0.05) is 35.3 Å². The van der Waals surface area contributed by atoms with Crippen molar-refractivity contribution in [1.82, 2.24) is 10.6 Å². The highest BCUT2D eigenvalue weighted by Gasteiger charge is 2.12. The molecule has 6 heteroatoms. The average Bonchev–Trinajstić information content (AvgIpc) is 2.91. The van der Waals surface area contributed by atoms with E-state index >= 15 is 0 Å². The van der Waals surface area contributed by atoms with Crippen LogP contribution < -0.4 is 15.5 Å². The fraction of sp³-hybridized carbons (Fsp3) is 0.292. The highest BCUT2D eigenvalue weighted by atomic mass is 79.9. The Balaban J connectivity index is 0.000000177. The minimum Gasteiger partial charge on any atom is -0.374 e. The van der Waals surface area contributed by atoms with Gasteiger partial charge in [0.1, 0.15) is 5.82 Å². The van der Waals surface area contributed by atoms with Gasteiger partial charge in [0.05, 0.1) is 5.56 Å². The summed E-state index contributed by atoms with van der Waals surface area (Å²) in [7, 11) is 2.15. The molecule has 4 nitrogen and oxygen atoms in total. The van der Waals surface area contributed by atoms with Crippen molar-refractivity contribution in [3.8, 4) is 0 Å². The largest absolute Gasteiger partial charge is 0.374 e. The molecule has 158 valence electrons. The van der Waals surface area contributed by atoms with E-state index in [2.05, 4.69) is 50.6 Å². The van der Waals surface area contributed by atoms with Gasteiger partial charge in [-0.25, -0.2) is 0 Å². The van der Waals surface area contributed by atoms with Gasteiger partial charge >= 0.3 is 0 Å². The number of amides is 1. The summed E-state index contributed by atoms with van der Waals surface area (Å²) >= 11 is 9.32. The molecule has 1 amide bonds. The van der Waals surface area contributed by atoms with Gasteiger partial charge in [-0.15, -0.1) is 0 Å². The van der Waals surface area contributed by atoms with Crippen molar-refractivity contribution in [3.05, 3.63) is 86.6 Å². The summed E-state index contributed by atoms with van der Waals surface area (Å²) in [6.07, 6.45) is 7.58. The predicted molar refractivity (Wildman–Crippen MR) is 129 cm³/mol. The Hall–Kier alpha value is -2.24. The predicted octanol–water partition coefficient (Wildman–Crippen LogP) is 5.68. The number of benzene rings is 2. The molecule has 0 bridgehead atoms. The van der Waals surface area contributed by atoms with Crippen molar-refractivity contribution in [3.63, 3.8) is 0 Å². The third-order valence-electron chi connectivity index (χ3n) is 5.10. The maximum absolute atomic E-state index is 12.0. The smallest absolute Gasteiger partial charge is 0.257 e. The molecule has 2 aliphatic heterocycles. The van der Waals surface area contributed by atoms with Crippen molar-refractivity contribution in [1.29, 1.82) is 0 Å². The van der Waals surface area contributed by atoms with E-state index in [-0.39, 0.29) is 5.91 Å². The lowest BCUT2D eigenvalue weighted by Gasteiger charge is -2.19. The van der Waals surface area contributed by atoms with Crippen molar-refractivity contribution < 1.29 is 4.79 Å². The molecule has 2 aromatic rings. The fourth-order valence-electron chi connectivity index (χ4n) is 3.41. The average molecular weight is 489 g/mol. The van der Waals surface area contributed by atoms with Gasteiger partial charge < -0.3 is 15.5 Å². The maximum atomic E-state index is 12.0. The molecule has 2 N–H and O–H groups in total. The summed E-state index contributed by atoms with van der Waals surface area (Å²) in [5.74, 6) is 0.612. The number of nitrogens with one attached hydrogen (secondary N) is 2. The van der Waals surface area contributed by atoms with Crippen molar-refractivity contribution in [2.24, 2.45) is 0 Å². The minimum absolute atomic E-state index is 0.121. The molecule has 0 atom stereocenters. The highest BCUT2D eigenvalue weighted by Crippen LogP contribution is 2.27. The second-order valence-electron chi connectivity index (χ2n) is 7.53. The summed E-state index contributed by atoms with van der Waals surface area (Å²) in [6.45, 7) is 3.96. The lowest BCUT2D eigenvalue weighted by Crippen LogP contribution is -2.33. The number of nitrogens with zero attached hydrogens (tertiary/aromatic N) is 1. The van der Waals surface area contributed by atoms with Gasteiger partial charge in [0.25, 0.3) is 5.91 Å². The zero-order valence-corrected chi connectivity index (χ0v) is 19.7. The van der Waals surface area contributed by atoms with E-state index in [1.54, 1.807) is 6.07 Å². The van der Waals surface area contributed by atoms with E-state index in [1.165, 1.54) is 36.1 Å². The molecule has 2 heterocycles. The molecular formula is C24H27BrClN3O. The number of hydrogen-bond acceptors (Lipinski definition) is 3. The topological polar surface area (TPSA) is 44.4 Å². The molecule has 0 spiro atoms. The van der Waals surface area contributed by atoms with Gasteiger partial charge in [-0.1, -0.05) is 35.4 Å². The minimum atomic E-state index is -0.121. The summed E-state index contributed by atoms with van der Waals surface area (Å²) in [5.41, 5.74) is 4.61. The summed E-state index contributed by atoms with van der Waals surface area (Å²) in [6, 6.07) is 13.5. The first-order chi connectivity index (χ1) is 14.4. The SMILES string of the molecule is CC1=CC=C(NC(=O)c2ccccc2Br)NC1.CN1CCCCc2cc(Cl)ccc21. The number of aryl methyl sites for hydroxylation is 1. The third-order valence-corrected chi connectivity index (χ3v) is 6.03. The normalized spacial score (nSPS) is 15.4. The molecular weight excluding hydrogens is 462 g/mol. The van der Waals surface area contributed by atoms with Crippen LogP contribution in [0.3, 0.4) is 0 Å². The van der Waals surface area contributed by atoms with E-state index in [0.717, 1.165) is 28.4 Å². The number of carbonyl (C=O) groups excluding carboxylic acids is 1. The summed E-state index contributed by atoms with van der Waals surface area (Å²) in [5, 5.41) is 6.82. The molecule has 2 aromatic carbocycles. The quantitative estimate of drug-likeness (QED) is 0.571. The van der Waals surface area contributed by atoms with E-state index < -0.39 is 0 Å². The summed E-state index contributed by atoms with van der Waals surface area (Å²) in [4.78, 5) is 14.3. The van der Waals surface area contributed by atoms with E-state index in [1.807, 2.05) is 43.3 Å². The Morgan fingerprint density at radius 2 is 1.97 bits per heavy atom. The van der Waals surface area contributed by atoms with Crippen LogP contribution in [0.5, 0.6) is 0 Å². The van der Waals surface area contributed by atoms with E-state index in [9.17, 15) is 4.79 Å². The number of rotatable bonds is 2. The van der Waals surface area contributed by atoms with Gasteiger partial charge in [-0.05, 0) is 84.1 Å². The fourth-order valence-corrected chi connectivity index (χ4v) is 4.07. The van der Waals surface area contributed by atoms with Crippen molar-refractivity contribution in [2.45, 2.75) is 26.2 Å². The molecule has 0 radical (unpaired) electrons. The molecule has 4 rings (SSSR count). The van der Waals surface area contributed by atoms with Crippen LogP contribution in [0.25, 0.3) is 0 Å². The second kappa shape index (κ2) is 10.7. The number of allylic oxidation sites excluding steroid dienone is 2. The first-order valence-electron chi connectivity index (χ1n) is 10.1. The van der Waals surface area contributed by atoms with Gasteiger partial charge in [0.2, 0.25) is 0 Å². The molecule has 30 heavy (non-hydrogen) atoms. The number of hydrogen-bond donors (Lipinski definition) is 2. The Bertz CT molecular complexity index is 971. The molecule has 0 saturated carbocycles. The second-order valence-corrected chi connectivity index (χ2v) is 8.82. The van der Waals surface area contributed by atoms with Crippen molar-refractivity contribution in [2.75, 3.05) is 25.0 Å². The van der Waals surface area contributed by atoms with Gasteiger partial charge in [-0.2, -0.15) is 0 Å².